The highest BCUT2D eigenvalue weighted by molar-refractivity contribution is 6.35. The number of nitrogen functional groups attached to an aromatic ring is 1. The molecule has 0 spiro atoms. The van der Waals surface area contributed by atoms with Crippen LogP contribution in [-0.2, 0) is 0 Å². The Morgan fingerprint density at radius 3 is 2.46 bits per heavy atom. The number of nitrogens with zero attached hydrogens (tertiary/aromatic N) is 2. The number of aromatic nitrogens is 1. The van der Waals surface area contributed by atoms with E-state index in [1.165, 1.54) is 0 Å². The fourth-order valence-corrected chi connectivity index (χ4v) is 3.04. The highest BCUT2D eigenvalue weighted by Crippen LogP contribution is 2.29. The van der Waals surface area contributed by atoms with Gasteiger partial charge in [0.2, 0.25) is 0 Å². The number of para-hydroxylation sites is 1. The molecule has 130 valence electrons. The molecule has 3 rings (SSSR count). The van der Waals surface area contributed by atoms with E-state index in [9.17, 15) is 0 Å². The Labute approximate surface area is 162 Å². The van der Waals surface area contributed by atoms with Crippen LogP contribution >= 0.6 is 23.2 Å². The molecule has 0 unspecified atom stereocenters. The first-order valence-electron chi connectivity index (χ1n) is 7.96. The molecule has 2 N–H and O–H groups in total. The number of hydrogen-bond acceptors (Lipinski definition) is 3. The Hall–Kier alpha value is -2.62. The molecule has 0 radical (unpaired) electrons. The number of anilines is 1. The Balaban J connectivity index is 1.94. The number of aryl methyl sites for hydroxylation is 1. The largest absolute Gasteiger partial charge is 0.398 e. The lowest BCUT2D eigenvalue weighted by atomic mass is 10.1. The van der Waals surface area contributed by atoms with Crippen LogP contribution in [0.1, 0.15) is 16.8 Å². The van der Waals surface area contributed by atoms with Crippen molar-refractivity contribution in [1.82, 2.24) is 4.98 Å². The summed E-state index contributed by atoms with van der Waals surface area (Å²) in [5.74, 6) is 0. The molecule has 0 atom stereocenters. The van der Waals surface area contributed by atoms with Crippen molar-refractivity contribution in [2.75, 3.05) is 5.73 Å². The molecule has 0 saturated carbocycles. The maximum absolute atomic E-state index is 6.12. The number of benzene rings is 2. The van der Waals surface area contributed by atoms with Gasteiger partial charge in [0, 0.05) is 33.1 Å². The third-order valence-corrected chi connectivity index (χ3v) is 4.32. The zero-order valence-electron chi connectivity index (χ0n) is 14.2. The Kier molecular flexibility index (Phi) is 5.40. The Bertz CT molecular complexity index is 990. The van der Waals surface area contributed by atoms with Gasteiger partial charge in [-0.05, 0) is 42.8 Å². The molecule has 0 fully saturated rings. The Morgan fingerprint density at radius 2 is 1.77 bits per heavy atom. The molecule has 1 aromatic heterocycles. The fourth-order valence-electron chi connectivity index (χ4n) is 2.51. The summed E-state index contributed by atoms with van der Waals surface area (Å²) in [6, 6.07) is 16.7. The van der Waals surface area contributed by atoms with Crippen molar-refractivity contribution in [3.8, 4) is 11.3 Å². The number of hydrogen-bond donors (Lipinski definition) is 1. The van der Waals surface area contributed by atoms with Gasteiger partial charge in [-0.2, -0.15) is 0 Å². The first-order chi connectivity index (χ1) is 12.4. The van der Waals surface area contributed by atoms with E-state index in [1.54, 1.807) is 12.3 Å². The minimum Gasteiger partial charge on any atom is -0.398 e. The fraction of sp³-hybridized carbons (Fsp3) is 0.0476. The van der Waals surface area contributed by atoms with Crippen LogP contribution in [0, 0.1) is 6.92 Å². The molecule has 0 saturated heterocycles. The van der Waals surface area contributed by atoms with Crippen molar-refractivity contribution >= 4 is 40.8 Å². The van der Waals surface area contributed by atoms with Gasteiger partial charge in [0.1, 0.15) is 0 Å². The number of rotatable bonds is 4. The van der Waals surface area contributed by atoms with Crippen molar-refractivity contribution in [3.05, 3.63) is 88.0 Å². The molecule has 1 heterocycles. The molecular weight excluding hydrogens is 365 g/mol. The van der Waals surface area contributed by atoms with Crippen LogP contribution in [-0.4, -0.2) is 11.2 Å². The lowest BCUT2D eigenvalue weighted by molar-refractivity contribution is 1.22. The minimum atomic E-state index is 0.544. The average molecular weight is 382 g/mol. The molecular formula is C21H17Cl2N3. The summed E-state index contributed by atoms with van der Waals surface area (Å²) in [5.41, 5.74) is 11.3. The van der Waals surface area contributed by atoms with Gasteiger partial charge in [0.05, 0.1) is 17.1 Å². The van der Waals surface area contributed by atoms with E-state index >= 15 is 0 Å². The van der Waals surface area contributed by atoms with Gasteiger partial charge in [-0.3, -0.25) is 4.99 Å². The smallest absolute Gasteiger partial charge is 0.0887 e. The van der Waals surface area contributed by atoms with E-state index in [0.29, 0.717) is 27.1 Å². The molecule has 2 aromatic carbocycles. The van der Waals surface area contributed by atoms with Gasteiger partial charge in [-0.15, -0.1) is 0 Å². The number of aliphatic imine (C=N–C) groups is 1. The van der Waals surface area contributed by atoms with Crippen molar-refractivity contribution in [2.45, 2.75) is 6.92 Å². The van der Waals surface area contributed by atoms with E-state index in [2.05, 4.69) is 11.6 Å². The highest BCUT2D eigenvalue weighted by atomic mass is 35.5. The summed E-state index contributed by atoms with van der Waals surface area (Å²) in [6.45, 7) is 6.00. The van der Waals surface area contributed by atoms with Crippen LogP contribution in [0.25, 0.3) is 17.0 Å². The molecule has 0 bridgehead atoms. The summed E-state index contributed by atoms with van der Waals surface area (Å²) in [5, 5.41) is 1.13. The van der Waals surface area contributed by atoms with Crippen molar-refractivity contribution in [3.63, 3.8) is 0 Å². The lowest BCUT2D eigenvalue weighted by Crippen LogP contribution is -1.95. The zero-order chi connectivity index (χ0) is 18.7. The zero-order valence-corrected chi connectivity index (χ0v) is 15.7. The van der Waals surface area contributed by atoms with Gasteiger partial charge < -0.3 is 5.73 Å². The molecule has 0 aliphatic heterocycles. The SMILES string of the molecule is C=C(/N=C\c1ccccc1N)c1ccc(C)c(-c2cc(Cl)cc(Cl)c2)n1. The van der Waals surface area contributed by atoms with Gasteiger partial charge >= 0.3 is 0 Å². The second kappa shape index (κ2) is 7.73. The predicted molar refractivity (Wildman–Crippen MR) is 112 cm³/mol. The van der Waals surface area contributed by atoms with Crippen LogP contribution in [0.3, 0.4) is 0 Å². The van der Waals surface area contributed by atoms with E-state index < -0.39 is 0 Å². The normalized spacial score (nSPS) is 11.0. The van der Waals surface area contributed by atoms with Crippen molar-refractivity contribution < 1.29 is 0 Å². The third-order valence-electron chi connectivity index (χ3n) is 3.88. The second-order valence-corrected chi connectivity index (χ2v) is 6.73. The summed E-state index contributed by atoms with van der Waals surface area (Å²) in [7, 11) is 0. The van der Waals surface area contributed by atoms with Crippen LogP contribution in [0.2, 0.25) is 10.0 Å². The maximum Gasteiger partial charge on any atom is 0.0887 e. The van der Waals surface area contributed by atoms with E-state index in [4.69, 9.17) is 33.9 Å². The van der Waals surface area contributed by atoms with Crippen LogP contribution in [0.4, 0.5) is 5.69 Å². The number of nitrogens with two attached hydrogens (primary N) is 1. The summed E-state index contributed by atoms with van der Waals surface area (Å²) in [4.78, 5) is 9.11. The maximum atomic E-state index is 6.12. The topological polar surface area (TPSA) is 51.3 Å². The molecule has 5 heteroatoms. The van der Waals surface area contributed by atoms with Gasteiger partial charge in [0.25, 0.3) is 0 Å². The predicted octanol–water partition coefficient (Wildman–Crippen LogP) is 6.04. The van der Waals surface area contributed by atoms with Gasteiger partial charge in [-0.1, -0.05) is 54.0 Å². The van der Waals surface area contributed by atoms with Crippen LogP contribution in [0.15, 0.2) is 66.2 Å². The summed E-state index contributed by atoms with van der Waals surface area (Å²) >= 11 is 12.2. The molecule has 3 nitrogen and oxygen atoms in total. The summed E-state index contributed by atoms with van der Waals surface area (Å²) in [6.07, 6.45) is 1.69. The first-order valence-corrected chi connectivity index (χ1v) is 8.71. The standard InChI is InChI=1S/C21H17Cl2N3/c1-13-7-8-20(14(2)25-12-15-5-3-4-6-19(15)24)26-21(13)16-9-17(22)11-18(23)10-16/h3-12H,2,24H2,1H3/b25-12-. The van der Waals surface area contributed by atoms with E-state index in [-0.39, 0.29) is 0 Å². The monoisotopic (exact) mass is 381 g/mol. The third kappa shape index (κ3) is 4.13. The van der Waals surface area contributed by atoms with E-state index in [0.717, 1.165) is 22.4 Å². The highest BCUT2D eigenvalue weighted by Gasteiger charge is 2.09. The van der Waals surface area contributed by atoms with Crippen LogP contribution in [0.5, 0.6) is 0 Å². The Morgan fingerprint density at radius 1 is 1.08 bits per heavy atom. The van der Waals surface area contributed by atoms with Crippen molar-refractivity contribution in [1.29, 1.82) is 0 Å². The molecule has 3 aromatic rings. The molecule has 26 heavy (non-hydrogen) atoms. The molecule has 0 aliphatic carbocycles. The number of pyridine rings is 1. The molecule has 0 aliphatic rings. The number of halogens is 2. The van der Waals surface area contributed by atoms with Crippen LogP contribution < -0.4 is 5.73 Å². The summed E-state index contributed by atoms with van der Waals surface area (Å²) < 4.78 is 0. The molecule has 0 amide bonds. The first kappa shape index (κ1) is 18.2. The van der Waals surface area contributed by atoms with E-state index in [1.807, 2.05) is 55.5 Å². The quantitative estimate of drug-likeness (QED) is 0.442. The average Bonchev–Trinajstić information content (AvgIpc) is 2.60. The van der Waals surface area contributed by atoms with Gasteiger partial charge in [-0.25, -0.2) is 4.98 Å². The van der Waals surface area contributed by atoms with Gasteiger partial charge in [0.15, 0.2) is 0 Å². The van der Waals surface area contributed by atoms with Crippen molar-refractivity contribution in [2.24, 2.45) is 4.99 Å². The lowest BCUT2D eigenvalue weighted by Gasteiger charge is -2.09. The minimum absolute atomic E-state index is 0.544. The second-order valence-electron chi connectivity index (χ2n) is 5.85.